The largest absolute Gasteiger partial charge is 0.469 e. The maximum atomic E-state index is 5.56. The maximum Gasteiger partial charge on any atom is 0.179 e. The first-order chi connectivity index (χ1) is 8.45. The third-order valence-corrected chi connectivity index (χ3v) is 3.67. The average Bonchev–Trinajstić information content (AvgIpc) is 2.41. The molecule has 0 unspecified atom stereocenters. The highest BCUT2D eigenvalue weighted by atomic mass is 28.2. The lowest BCUT2D eigenvalue weighted by molar-refractivity contribution is 0.124. The molecule has 3 heteroatoms. The van der Waals surface area contributed by atoms with Crippen LogP contribution in [0.4, 0.5) is 0 Å². The van der Waals surface area contributed by atoms with Crippen molar-refractivity contribution in [2.45, 2.75) is 6.04 Å². The van der Waals surface area contributed by atoms with Gasteiger partial charge in [0, 0.05) is 0 Å². The zero-order valence-electron chi connectivity index (χ0n) is 9.71. The Hall–Kier alpha value is -1.58. The average molecular weight is 244 g/mol. The fourth-order valence-corrected chi connectivity index (χ4v) is 2.43. The Kier molecular flexibility index (Phi) is 4.81. The normalized spacial score (nSPS) is 10.8. The van der Waals surface area contributed by atoms with Crippen LogP contribution >= 0.6 is 0 Å². The summed E-state index contributed by atoms with van der Waals surface area (Å²) in [6.07, 6.45) is 0. The third kappa shape index (κ3) is 4.42. The van der Waals surface area contributed by atoms with E-state index in [0.717, 1.165) is 11.8 Å². The molecule has 0 aliphatic rings. The van der Waals surface area contributed by atoms with Gasteiger partial charge in [0.1, 0.15) is 5.75 Å². The zero-order chi connectivity index (χ0) is 11.8. The molecule has 2 aromatic carbocycles. The third-order valence-electron chi connectivity index (χ3n) is 2.43. The van der Waals surface area contributed by atoms with Crippen molar-refractivity contribution in [1.82, 2.24) is 0 Å². The van der Waals surface area contributed by atoms with Crippen molar-refractivity contribution in [2.75, 3.05) is 6.79 Å². The first kappa shape index (κ1) is 11.9. The van der Waals surface area contributed by atoms with Crippen LogP contribution in [-0.2, 0) is 10.5 Å². The van der Waals surface area contributed by atoms with Gasteiger partial charge < -0.3 is 9.16 Å². The zero-order valence-corrected chi connectivity index (χ0v) is 11.1. The standard InChI is InChI=1S/C14H16O2Si/c1-3-7-13(8-4-1)11-17-16-12-15-14-9-5-2-6-10-14/h1-10H,11-12,17H2. The van der Waals surface area contributed by atoms with Crippen LogP contribution < -0.4 is 4.74 Å². The van der Waals surface area contributed by atoms with Gasteiger partial charge >= 0.3 is 0 Å². The van der Waals surface area contributed by atoms with E-state index in [1.165, 1.54) is 5.56 Å². The molecule has 2 aromatic rings. The van der Waals surface area contributed by atoms with E-state index in [9.17, 15) is 0 Å². The molecule has 0 fully saturated rings. The molecule has 0 aromatic heterocycles. The molecule has 0 saturated carbocycles. The number of hydrogen-bond acceptors (Lipinski definition) is 2. The Balaban J connectivity index is 1.61. The lowest BCUT2D eigenvalue weighted by atomic mass is 10.2. The van der Waals surface area contributed by atoms with Gasteiger partial charge in [-0.15, -0.1) is 0 Å². The van der Waals surface area contributed by atoms with Gasteiger partial charge in [0.2, 0.25) is 0 Å². The summed E-state index contributed by atoms with van der Waals surface area (Å²) in [5, 5.41) is 0. The molecule has 0 radical (unpaired) electrons. The summed E-state index contributed by atoms with van der Waals surface area (Å²) in [5.74, 6) is 0.862. The highest BCUT2D eigenvalue weighted by molar-refractivity contribution is 6.26. The summed E-state index contributed by atoms with van der Waals surface area (Å²) in [4.78, 5) is 0. The van der Waals surface area contributed by atoms with Gasteiger partial charge in [-0.25, -0.2) is 0 Å². The first-order valence-electron chi connectivity index (χ1n) is 5.75. The van der Waals surface area contributed by atoms with Crippen molar-refractivity contribution < 1.29 is 9.16 Å². The molecule has 0 atom stereocenters. The molecule has 88 valence electrons. The van der Waals surface area contributed by atoms with Crippen molar-refractivity contribution in [2.24, 2.45) is 0 Å². The van der Waals surface area contributed by atoms with Crippen molar-refractivity contribution in [3.05, 3.63) is 66.2 Å². The van der Waals surface area contributed by atoms with E-state index in [0.29, 0.717) is 6.79 Å². The van der Waals surface area contributed by atoms with Crippen molar-refractivity contribution >= 4 is 9.76 Å². The van der Waals surface area contributed by atoms with Crippen LogP contribution in [0.25, 0.3) is 0 Å². The lowest BCUT2D eigenvalue weighted by Gasteiger charge is -2.06. The highest BCUT2D eigenvalue weighted by Gasteiger charge is 1.94. The summed E-state index contributed by atoms with van der Waals surface area (Å²) < 4.78 is 11.0. The van der Waals surface area contributed by atoms with Crippen LogP contribution in [0.1, 0.15) is 5.56 Å². The Morgan fingerprint density at radius 3 is 2.18 bits per heavy atom. The Morgan fingerprint density at radius 1 is 0.824 bits per heavy atom. The number of benzene rings is 2. The lowest BCUT2D eigenvalue weighted by Crippen LogP contribution is -2.09. The summed E-state index contributed by atoms with van der Waals surface area (Å²) in [6, 6.07) is 21.2. The molecule has 0 bridgehead atoms. The minimum atomic E-state index is -0.528. The van der Waals surface area contributed by atoms with Gasteiger partial charge in [0.25, 0.3) is 0 Å². The predicted octanol–water partition coefficient (Wildman–Crippen LogP) is 2.32. The fourth-order valence-electron chi connectivity index (χ4n) is 1.52. The minimum absolute atomic E-state index is 0.364. The molecule has 0 heterocycles. The second kappa shape index (κ2) is 6.88. The van der Waals surface area contributed by atoms with Crippen LogP contribution in [0, 0.1) is 0 Å². The summed E-state index contributed by atoms with van der Waals surface area (Å²) in [6.45, 7) is 0.364. The van der Waals surface area contributed by atoms with Crippen LogP contribution in [0.5, 0.6) is 5.75 Å². The van der Waals surface area contributed by atoms with Crippen LogP contribution in [0.2, 0.25) is 0 Å². The molecule has 2 nitrogen and oxygen atoms in total. The number of rotatable bonds is 6. The number of ether oxygens (including phenoxy) is 1. The van der Waals surface area contributed by atoms with E-state index in [-0.39, 0.29) is 0 Å². The monoisotopic (exact) mass is 244 g/mol. The Labute approximate surface area is 104 Å². The Morgan fingerprint density at radius 2 is 1.47 bits per heavy atom. The topological polar surface area (TPSA) is 18.5 Å². The number of para-hydroxylation sites is 1. The van der Waals surface area contributed by atoms with E-state index >= 15 is 0 Å². The van der Waals surface area contributed by atoms with Gasteiger partial charge in [0.15, 0.2) is 16.6 Å². The van der Waals surface area contributed by atoms with Crippen molar-refractivity contribution in [1.29, 1.82) is 0 Å². The van der Waals surface area contributed by atoms with Gasteiger partial charge in [0.05, 0.1) is 0 Å². The molecule has 0 N–H and O–H groups in total. The van der Waals surface area contributed by atoms with Crippen molar-refractivity contribution in [3.8, 4) is 5.75 Å². The van der Waals surface area contributed by atoms with Gasteiger partial charge in [-0.3, -0.25) is 0 Å². The fraction of sp³-hybridized carbons (Fsp3) is 0.143. The predicted molar refractivity (Wildman–Crippen MR) is 71.7 cm³/mol. The molecule has 0 aliphatic heterocycles. The highest BCUT2D eigenvalue weighted by Crippen LogP contribution is 2.07. The van der Waals surface area contributed by atoms with E-state index < -0.39 is 9.76 Å². The minimum Gasteiger partial charge on any atom is -0.469 e. The van der Waals surface area contributed by atoms with E-state index in [4.69, 9.17) is 9.16 Å². The molecule has 2 rings (SSSR count). The van der Waals surface area contributed by atoms with Gasteiger partial charge in [-0.05, 0) is 23.7 Å². The quantitative estimate of drug-likeness (QED) is 0.441. The molecule has 0 aliphatic carbocycles. The van der Waals surface area contributed by atoms with E-state index in [1.54, 1.807) is 0 Å². The molecular weight excluding hydrogens is 228 g/mol. The maximum absolute atomic E-state index is 5.56. The van der Waals surface area contributed by atoms with E-state index in [2.05, 4.69) is 24.3 Å². The number of hydrogen-bond donors (Lipinski definition) is 0. The summed E-state index contributed by atoms with van der Waals surface area (Å²) in [7, 11) is -0.528. The van der Waals surface area contributed by atoms with Gasteiger partial charge in [-0.2, -0.15) is 0 Å². The molecule has 0 spiro atoms. The SMILES string of the molecule is c1ccc(C[SiH2]OCOc2ccccc2)cc1. The molecule has 17 heavy (non-hydrogen) atoms. The first-order valence-corrected chi connectivity index (χ1v) is 7.32. The molecule has 0 amide bonds. The Bertz CT molecular complexity index is 375. The second-order valence-corrected chi connectivity index (χ2v) is 5.04. The van der Waals surface area contributed by atoms with Crippen LogP contribution in [0.15, 0.2) is 60.7 Å². The van der Waals surface area contributed by atoms with Crippen molar-refractivity contribution in [3.63, 3.8) is 0 Å². The molecule has 0 saturated heterocycles. The second-order valence-electron chi connectivity index (χ2n) is 3.72. The van der Waals surface area contributed by atoms with E-state index in [1.807, 2.05) is 36.4 Å². The summed E-state index contributed by atoms with van der Waals surface area (Å²) >= 11 is 0. The smallest absolute Gasteiger partial charge is 0.179 e. The van der Waals surface area contributed by atoms with Crippen LogP contribution in [-0.4, -0.2) is 16.6 Å². The summed E-state index contributed by atoms with van der Waals surface area (Å²) in [5.41, 5.74) is 1.35. The molecular formula is C14H16O2Si. The van der Waals surface area contributed by atoms with Crippen LogP contribution in [0.3, 0.4) is 0 Å². The van der Waals surface area contributed by atoms with Gasteiger partial charge in [-0.1, -0.05) is 48.5 Å².